The first-order valence-corrected chi connectivity index (χ1v) is 12.2. The fourth-order valence-electron chi connectivity index (χ4n) is 3.75. The summed E-state index contributed by atoms with van der Waals surface area (Å²) in [6.07, 6.45) is 3.70. The molecule has 1 amide bonds. The highest BCUT2D eigenvalue weighted by molar-refractivity contribution is 6.31. The Bertz CT molecular complexity index is 1330. The van der Waals surface area contributed by atoms with Crippen molar-refractivity contribution in [3.05, 3.63) is 47.5 Å². The Morgan fingerprint density at radius 2 is 2.06 bits per heavy atom. The number of fused-ring (bicyclic) bond motifs is 1. The van der Waals surface area contributed by atoms with Gasteiger partial charge in [-0.05, 0) is 48.9 Å². The van der Waals surface area contributed by atoms with E-state index >= 15 is 0 Å². The smallest absolute Gasteiger partial charge is 0.300 e. The number of carbonyl (C=O) groups is 1. The third-order valence-electron chi connectivity index (χ3n) is 5.95. The van der Waals surface area contributed by atoms with E-state index in [0.717, 1.165) is 25.9 Å². The molecule has 2 aliphatic rings. The van der Waals surface area contributed by atoms with Crippen molar-refractivity contribution in [2.45, 2.75) is 12.8 Å². The Balaban J connectivity index is 1.40. The standard InChI is InChI=1S/C26H25ClFN5O3/c27-20-12-18(5-6-21(20)28)31-26-19-13-23(32-25(34)2-1-7-33-8-10-35-11-9-33)24(36-15-17-3-4-17)14-22(19)29-16-30-26/h5-6,12-14,16-17H,3-4,7-11,15H2,(H,32,34)(H,29,30,31). The van der Waals surface area contributed by atoms with Crippen LogP contribution in [0.3, 0.4) is 0 Å². The summed E-state index contributed by atoms with van der Waals surface area (Å²) in [6.45, 7) is 4.03. The van der Waals surface area contributed by atoms with E-state index in [1.807, 2.05) is 0 Å². The van der Waals surface area contributed by atoms with Gasteiger partial charge in [0.2, 0.25) is 0 Å². The molecule has 0 spiro atoms. The van der Waals surface area contributed by atoms with Gasteiger partial charge in [-0.1, -0.05) is 17.5 Å². The average Bonchev–Trinajstić information content (AvgIpc) is 3.71. The van der Waals surface area contributed by atoms with Gasteiger partial charge in [0.1, 0.15) is 23.7 Å². The third kappa shape index (κ3) is 6.21. The molecule has 2 aromatic carbocycles. The summed E-state index contributed by atoms with van der Waals surface area (Å²) in [7, 11) is 0. The van der Waals surface area contributed by atoms with Gasteiger partial charge in [-0.25, -0.2) is 14.4 Å². The normalized spacial score (nSPS) is 15.7. The largest absolute Gasteiger partial charge is 0.491 e. The first-order chi connectivity index (χ1) is 17.5. The summed E-state index contributed by atoms with van der Waals surface area (Å²) in [5.74, 6) is 6.18. The zero-order valence-electron chi connectivity index (χ0n) is 19.5. The molecule has 3 aromatic rings. The Kier molecular flexibility index (Phi) is 7.47. The molecule has 1 saturated carbocycles. The highest BCUT2D eigenvalue weighted by Gasteiger charge is 2.23. The molecular formula is C26H25ClFN5O3. The number of nitrogens with one attached hydrogen (secondary N) is 2. The van der Waals surface area contributed by atoms with Gasteiger partial charge in [0, 0.05) is 30.2 Å². The van der Waals surface area contributed by atoms with E-state index in [-0.39, 0.29) is 5.02 Å². The van der Waals surface area contributed by atoms with Crippen LogP contribution in [-0.2, 0) is 9.53 Å². The molecule has 1 aliphatic carbocycles. The summed E-state index contributed by atoms with van der Waals surface area (Å²) >= 11 is 5.92. The molecule has 2 heterocycles. The molecular weight excluding hydrogens is 485 g/mol. The summed E-state index contributed by atoms with van der Waals surface area (Å²) in [6, 6.07) is 7.85. The number of aromatic nitrogens is 2. The topological polar surface area (TPSA) is 88.6 Å². The van der Waals surface area contributed by atoms with Gasteiger partial charge >= 0.3 is 0 Å². The van der Waals surface area contributed by atoms with Crippen molar-refractivity contribution < 1.29 is 18.7 Å². The Hall–Kier alpha value is -3.45. The number of nitrogens with zero attached hydrogens (tertiary/aromatic N) is 3. The quantitative estimate of drug-likeness (QED) is 0.461. The molecule has 2 fully saturated rings. The second kappa shape index (κ2) is 11.1. The second-order valence-electron chi connectivity index (χ2n) is 8.74. The van der Waals surface area contributed by atoms with Crippen molar-refractivity contribution >= 4 is 45.6 Å². The lowest BCUT2D eigenvalue weighted by Gasteiger charge is -2.24. The monoisotopic (exact) mass is 509 g/mol. The first kappa shape index (κ1) is 24.3. The van der Waals surface area contributed by atoms with Gasteiger partial charge in [0.25, 0.3) is 5.91 Å². The molecule has 2 N–H and O–H groups in total. The number of benzene rings is 2. The summed E-state index contributed by atoms with van der Waals surface area (Å²) in [5.41, 5.74) is 1.67. The number of halogens is 2. The molecule has 0 radical (unpaired) electrons. The molecule has 8 nitrogen and oxygen atoms in total. The molecule has 5 rings (SSSR count). The lowest BCUT2D eigenvalue weighted by atomic mass is 10.1. The van der Waals surface area contributed by atoms with Crippen LogP contribution in [0.25, 0.3) is 10.9 Å². The van der Waals surface area contributed by atoms with Crippen LogP contribution in [0.15, 0.2) is 36.7 Å². The van der Waals surface area contributed by atoms with Crippen molar-refractivity contribution in [3.63, 3.8) is 0 Å². The molecule has 36 heavy (non-hydrogen) atoms. The Labute approximate surface area is 213 Å². The minimum absolute atomic E-state index is 0.00210. The number of anilines is 3. The molecule has 1 aromatic heterocycles. The number of carbonyl (C=O) groups excluding carboxylic acids is 1. The van der Waals surface area contributed by atoms with Crippen molar-refractivity contribution in [1.82, 2.24) is 14.9 Å². The molecule has 1 aliphatic heterocycles. The zero-order chi connectivity index (χ0) is 24.9. The van der Waals surface area contributed by atoms with Crippen molar-refractivity contribution in [2.75, 3.05) is 50.1 Å². The van der Waals surface area contributed by atoms with E-state index in [4.69, 9.17) is 21.1 Å². The molecule has 0 bridgehead atoms. The van der Waals surface area contributed by atoms with Crippen LogP contribution in [0.5, 0.6) is 5.75 Å². The third-order valence-corrected chi connectivity index (χ3v) is 6.24. The molecule has 0 atom stereocenters. The average molecular weight is 510 g/mol. The minimum atomic E-state index is -0.507. The molecule has 10 heteroatoms. The predicted molar refractivity (Wildman–Crippen MR) is 136 cm³/mol. The Morgan fingerprint density at radius 1 is 1.22 bits per heavy atom. The lowest BCUT2D eigenvalue weighted by molar-refractivity contribution is -0.111. The molecule has 0 unspecified atom stereocenters. The fraction of sp³-hybridized carbons (Fsp3) is 0.346. The number of morpholine rings is 1. The van der Waals surface area contributed by atoms with Crippen LogP contribution < -0.4 is 15.4 Å². The summed E-state index contributed by atoms with van der Waals surface area (Å²) in [5, 5.41) is 6.65. The maximum absolute atomic E-state index is 13.6. The summed E-state index contributed by atoms with van der Waals surface area (Å²) in [4.78, 5) is 23.5. The number of hydrogen-bond donors (Lipinski definition) is 2. The fourth-order valence-corrected chi connectivity index (χ4v) is 3.93. The van der Waals surface area contributed by atoms with E-state index < -0.39 is 11.7 Å². The minimum Gasteiger partial charge on any atom is -0.491 e. The van der Waals surface area contributed by atoms with Gasteiger partial charge in [-0.2, -0.15) is 0 Å². The van der Waals surface area contributed by atoms with Crippen LogP contribution >= 0.6 is 11.6 Å². The van der Waals surface area contributed by atoms with Crippen LogP contribution in [0.4, 0.5) is 21.6 Å². The van der Waals surface area contributed by atoms with Crippen LogP contribution in [0.1, 0.15) is 12.8 Å². The number of ether oxygens (including phenoxy) is 2. The van der Waals surface area contributed by atoms with Gasteiger partial charge in [-0.15, -0.1) is 0 Å². The molecule has 186 valence electrons. The predicted octanol–water partition coefficient (Wildman–Crippen LogP) is 4.23. The summed E-state index contributed by atoms with van der Waals surface area (Å²) < 4.78 is 24.9. The van der Waals surface area contributed by atoms with Crippen molar-refractivity contribution in [3.8, 4) is 17.6 Å². The Morgan fingerprint density at radius 3 is 2.83 bits per heavy atom. The number of amides is 1. The first-order valence-electron chi connectivity index (χ1n) is 11.8. The maximum atomic E-state index is 13.6. The number of rotatable bonds is 7. The van der Waals surface area contributed by atoms with E-state index in [1.54, 1.807) is 18.2 Å². The van der Waals surface area contributed by atoms with Gasteiger partial charge < -0.3 is 20.1 Å². The SMILES string of the molecule is O=C(C#CCN1CCOCC1)Nc1cc2c(Nc3ccc(F)c(Cl)c3)ncnc2cc1OCC1CC1. The highest BCUT2D eigenvalue weighted by atomic mass is 35.5. The van der Waals surface area contributed by atoms with Gasteiger partial charge in [-0.3, -0.25) is 9.69 Å². The molecule has 1 saturated heterocycles. The van der Waals surface area contributed by atoms with E-state index in [0.29, 0.717) is 66.1 Å². The van der Waals surface area contributed by atoms with E-state index in [1.165, 1.54) is 18.5 Å². The zero-order valence-corrected chi connectivity index (χ0v) is 20.3. The second-order valence-corrected chi connectivity index (χ2v) is 9.15. The van der Waals surface area contributed by atoms with Gasteiger partial charge in [0.15, 0.2) is 0 Å². The van der Waals surface area contributed by atoms with Crippen LogP contribution in [-0.4, -0.2) is 60.2 Å². The maximum Gasteiger partial charge on any atom is 0.300 e. The van der Waals surface area contributed by atoms with Crippen molar-refractivity contribution in [2.24, 2.45) is 5.92 Å². The van der Waals surface area contributed by atoms with E-state index in [2.05, 4.69) is 37.3 Å². The highest BCUT2D eigenvalue weighted by Crippen LogP contribution is 2.36. The van der Waals surface area contributed by atoms with Crippen molar-refractivity contribution in [1.29, 1.82) is 0 Å². The van der Waals surface area contributed by atoms with E-state index in [9.17, 15) is 9.18 Å². The lowest BCUT2D eigenvalue weighted by Crippen LogP contribution is -2.36. The number of hydrogen-bond acceptors (Lipinski definition) is 7. The van der Waals surface area contributed by atoms with Crippen LogP contribution in [0, 0.1) is 23.6 Å². The van der Waals surface area contributed by atoms with Crippen LogP contribution in [0.2, 0.25) is 5.02 Å². The van der Waals surface area contributed by atoms with Gasteiger partial charge in [0.05, 0.1) is 42.6 Å².